The summed E-state index contributed by atoms with van der Waals surface area (Å²) in [6.07, 6.45) is 0. The second-order valence-corrected chi connectivity index (χ2v) is 5.78. The Morgan fingerprint density at radius 3 is 2.63 bits per heavy atom. The lowest BCUT2D eigenvalue weighted by Crippen LogP contribution is -2.58. The summed E-state index contributed by atoms with van der Waals surface area (Å²) < 4.78 is 13.1. The minimum Gasteiger partial charge on any atom is -0.390 e. The first-order valence-corrected chi connectivity index (χ1v) is 6.38. The number of rotatable bonds is 2. The number of aliphatic hydroxyl groups is 1. The van der Waals surface area contributed by atoms with Gasteiger partial charge in [0.1, 0.15) is 5.82 Å². The molecule has 1 aromatic carbocycles. The van der Waals surface area contributed by atoms with Crippen LogP contribution in [-0.4, -0.2) is 34.7 Å². The summed E-state index contributed by atoms with van der Waals surface area (Å²) in [5, 5.41) is 12.6. The number of hydrogen-bond donors (Lipinski definition) is 2. The van der Waals surface area contributed by atoms with Crippen LogP contribution in [0.15, 0.2) is 18.2 Å². The molecule has 0 atom stereocenters. The highest BCUT2D eigenvalue weighted by atomic mass is 35.5. The number of carbonyl (C=O) groups excluding carboxylic acids is 1. The molecule has 0 aromatic heterocycles. The summed E-state index contributed by atoms with van der Waals surface area (Å²) in [6, 6.07) is 3.54. The SMILES string of the molecule is CC(C)(O)C1CN(C(=O)Nc2cc(F)cc(Cl)c2)C1. The summed E-state index contributed by atoms with van der Waals surface area (Å²) in [5.74, 6) is -0.435. The maximum absolute atomic E-state index is 13.1. The van der Waals surface area contributed by atoms with Crippen molar-refractivity contribution in [1.82, 2.24) is 4.90 Å². The number of amides is 2. The Bertz CT molecular complexity index is 476. The van der Waals surface area contributed by atoms with Gasteiger partial charge in [-0.1, -0.05) is 11.6 Å². The van der Waals surface area contributed by atoms with Crippen molar-refractivity contribution >= 4 is 23.3 Å². The van der Waals surface area contributed by atoms with Crippen LogP contribution in [0.5, 0.6) is 0 Å². The number of nitrogens with zero attached hydrogens (tertiary/aromatic N) is 1. The van der Waals surface area contributed by atoms with Crippen molar-refractivity contribution in [2.24, 2.45) is 5.92 Å². The number of hydrogen-bond acceptors (Lipinski definition) is 2. The van der Waals surface area contributed by atoms with Crippen molar-refractivity contribution < 1.29 is 14.3 Å². The van der Waals surface area contributed by atoms with E-state index < -0.39 is 11.4 Å². The minimum atomic E-state index is -0.793. The Morgan fingerprint density at radius 1 is 1.47 bits per heavy atom. The molecule has 0 aliphatic carbocycles. The van der Waals surface area contributed by atoms with Crippen molar-refractivity contribution in [3.05, 3.63) is 29.0 Å². The molecule has 6 heteroatoms. The first kappa shape index (κ1) is 14.1. The Kier molecular flexibility index (Phi) is 3.69. The van der Waals surface area contributed by atoms with Gasteiger partial charge >= 0.3 is 6.03 Å². The molecule has 1 heterocycles. The average Bonchev–Trinajstić information content (AvgIpc) is 2.09. The van der Waals surface area contributed by atoms with Crippen LogP contribution < -0.4 is 5.32 Å². The predicted molar refractivity (Wildman–Crippen MR) is 71.8 cm³/mol. The highest BCUT2D eigenvalue weighted by molar-refractivity contribution is 6.30. The van der Waals surface area contributed by atoms with Gasteiger partial charge in [-0.25, -0.2) is 9.18 Å². The average molecular weight is 287 g/mol. The van der Waals surface area contributed by atoms with E-state index in [9.17, 15) is 14.3 Å². The third-order valence-corrected chi connectivity index (χ3v) is 3.50. The monoisotopic (exact) mass is 286 g/mol. The van der Waals surface area contributed by atoms with Gasteiger partial charge in [0.2, 0.25) is 0 Å². The molecule has 1 saturated heterocycles. The van der Waals surface area contributed by atoms with Crippen molar-refractivity contribution in [3.63, 3.8) is 0 Å². The van der Waals surface area contributed by atoms with Gasteiger partial charge in [-0.15, -0.1) is 0 Å². The number of urea groups is 1. The van der Waals surface area contributed by atoms with Crippen LogP contribution >= 0.6 is 11.6 Å². The van der Waals surface area contributed by atoms with E-state index in [2.05, 4.69) is 5.32 Å². The van der Waals surface area contributed by atoms with Gasteiger partial charge in [0.05, 0.1) is 5.60 Å². The third-order valence-electron chi connectivity index (χ3n) is 3.28. The summed E-state index contributed by atoms with van der Waals surface area (Å²) in [7, 11) is 0. The number of anilines is 1. The first-order chi connectivity index (χ1) is 8.75. The van der Waals surface area contributed by atoms with E-state index in [1.807, 2.05) is 0 Å². The lowest BCUT2D eigenvalue weighted by Gasteiger charge is -2.44. The van der Waals surface area contributed by atoms with E-state index in [0.29, 0.717) is 18.8 Å². The van der Waals surface area contributed by atoms with Gasteiger partial charge in [-0.05, 0) is 32.0 Å². The number of benzene rings is 1. The topological polar surface area (TPSA) is 52.6 Å². The molecule has 2 amide bonds. The molecule has 1 aliphatic rings. The van der Waals surface area contributed by atoms with Crippen LogP contribution in [0.4, 0.5) is 14.9 Å². The summed E-state index contributed by atoms with van der Waals surface area (Å²) >= 11 is 5.71. The Hall–Kier alpha value is -1.33. The molecule has 19 heavy (non-hydrogen) atoms. The third kappa shape index (κ3) is 3.36. The molecule has 0 bridgehead atoms. The van der Waals surface area contributed by atoms with Gasteiger partial charge in [0.15, 0.2) is 0 Å². The van der Waals surface area contributed by atoms with Crippen molar-refractivity contribution in [2.75, 3.05) is 18.4 Å². The molecule has 4 nitrogen and oxygen atoms in total. The molecule has 2 N–H and O–H groups in total. The number of halogens is 2. The molecule has 0 spiro atoms. The molecule has 104 valence electrons. The minimum absolute atomic E-state index is 0.0642. The highest BCUT2D eigenvalue weighted by Gasteiger charge is 2.39. The fraction of sp³-hybridized carbons (Fsp3) is 0.462. The maximum atomic E-state index is 13.1. The van der Waals surface area contributed by atoms with Crippen LogP contribution in [0.25, 0.3) is 0 Å². The number of carbonyl (C=O) groups is 1. The second-order valence-electron chi connectivity index (χ2n) is 5.34. The molecule has 1 aromatic rings. The fourth-order valence-electron chi connectivity index (χ4n) is 1.92. The Morgan fingerprint density at radius 2 is 2.11 bits per heavy atom. The first-order valence-electron chi connectivity index (χ1n) is 6.00. The standard InChI is InChI=1S/C13H16ClFN2O2/c1-13(2,19)8-6-17(7-8)12(18)16-11-4-9(14)3-10(15)5-11/h3-5,8,19H,6-7H2,1-2H3,(H,16,18). The zero-order valence-electron chi connectivity index (χ0n) is 10.8. The van der Waals surface area contributed by atoms with Gasteiger partial charge in [0, 0.05) is 29.7 Å². The predicted octanol–water partition coefficient (Wildman–Crippen LogP) is 2.71. The molecule has 1 aliphatic heterocycles. The Balaban J connectivity index is 1.93. The van der Waals surface area contributed by atoms with Gasteiger partial charge in [-0.2, -0.15) is 0 Å². The van der Waals surface area contributed by atoms with Gasteiger partial charge in [-0.3, -0.25) is 0 Å². The zero-order valence-corrected chi connectivity index (χ0v) is 11.5. The number of likely N-dealkylation sites (tertiary alicyclic amines) is 1. The van der Waals surface area contributed by atoms with Crippen LogP contribution in [0.2, 0.25) is 5.02 Å². The summed E-state index contributed by atoms with van der Waals surface area (Å²) in [6.45, 7) is 4.41. The van der Waals surface area contributed by atoms with E-state index in [1.165, 1.54) is 18.2 Å². The van der Waals surface area contributed by atoms with E-state index in [4.69, 9.17) is 11.6 Å². The number of nitrogens with one attached hydrogen (secondary N) is 1. The molecule has 0 radical (unpaired) electrons. The molecule has 0 unspecified atom stereocenters. The molecular formula is C13H16ClFN2O2. The van der Waals surface area contributed by atoms with Gasteiger partial charge < -0.3 is 15.3 Å². The van der Waals surface area contributed by atoms with Crippen LogP contribution in [-0.2, 0) is 0 Å². The Labute approximate surface area is 116 Å². The molecular weight excluding hydrogens is 271 g/mol. The van der Waals surface area contributed by atoms with Crippen LogP contribution in [0.3, 0.4) is 0 Å². The quantitative estimate of drug-likeness (QED) is 0.878. The zero-order chi connectivity index (χ0) is 14.2. The fourth-order valence-corrected chi connectivity index (χ4v) is 2.14. The summed E-state index contributed by atoms with van der Waals surface area (Å²) in [4.78, 5) is 13.4. The normalized spacial score (nSPS) is 16.2. The van der Waals surface area contributed by atoms with Crippen LogP contribution in [0.1, 0.15) is 13.8 Å². The van der Waals surface area contributed by atoms with E-state index >= 15 is 0 Å². The summed E-state index contributed by atoms with van der Waals surface area (Å²) in [5.41, 5.74) is -0.472. The lowest BCUT2D eigenvalue weighted by atomic mass is 9.85. The lowest BCUT2D eigenvalue weighted by molar-refractivity contribution is -0.0440. The van der Waals surface area contributed by atoms with E-state index in [1.54, 1.807) is 18.7 Å². The molecule has 1 fully saturated rings. The van der Waals surface area contributed by atoms with E-state index in [-0.39, 0.29) is 17.0 Å². The van der Waals surface area contributed by atoms with Gasteiger partial charge in [0.25, 0.3) is 0 Å². The second kappa shape index (κ2) is 4.98. The molecule has 0 saturated carbocycles. The highest BCUT2D eigenvalue weighted by Crippen LogP contribution is 2.27. The van der Waals surface area contributed by atoms with Crippen molar-refractivity contribution in [3.8, 4) is 0 Å². The smallest absolute Gasteiger partial charge is 0.321 e. The molecule has 2 rings (SSSR count). The van der Waals surface area contributed by atoms with Crippen LogP contribution in [0, 0.1) is 11.7 Å². The van der Waals surface area contributed by atoms with Crippen molar-refractivity contribution in [1.29, 1.82) is 0 Å². The van der Waals surface area contributed by atoms with Crippen molar-refractivity contribution in [2.45, 2.75) is 19.4 Å². The van der Waals surface area contributed by atoms with E-state index in [0.717, 1.165) is 0 Å². The maximum Gasteiger partial charge on any atom is 0.321 e. The largest absolute Gasteiger partial charge is 0.390 e.